The number of piperidine rings is 1. The first-order valence-electron chi connectivity index (χ1n) is 13.1. The van der Waals surface area contributed by atoms with Gasteiger partial charge in [0, 0.05) is 43.9 Å². The Labute approximate surface area is 228 Å². The molecule has 0 bridgehead atoms. The van der Waals surface area contributed by atoms with E-state index in [0.717, 1.165) is 36.1 Å². The third kappa shape index (κ3) is 5.38. The van der Waals surface area contributed by atoms with Gasteiger partial charge in [0.25, 0.3) is 5.91 Å². The number of anilines is 1. The van der Waals surface area contributed by atoms with Crippen molar-refractivity contribution < 1.29 is 22.7 Å². The number of fused-ring (bicyclic) bond motifs is 2. The smallest absolute Gasteiger partial charge is 0.260 e. The molecule has 38 heavy (non-hydrogen) atoms. The van der Waals surface area contributed by atoms with Gasteiger partial charge in [-0.2, -0.15) is 4.31 Å². The van der Waals surface area contributed by atoms with Crippen molar-refractivity contribution in [2.45, 2.75) is 38.5 Å². The summed E-state index contributed by atoms with van der Waals surface area (Å²) < 4.78 is 39.8. The van der Waals surface area contributed by atoms with E-state index >= 15 is 0 Å². The van der Waals surface area contributed by atoms with Crippen LogP contribution in [0, 0.1) is 5.92 Å². The summed E-state index contributed by atoms with van der Waals surface area (Å²) in [5, 5.41) is 0.583. The highest BCUT2D eigenvalue weighted by atomic mass is 32.2. The highest BCUT2D eigenvalue weighted by Gasteiger charge is 2.29. The third-order valence-electron chi connectivity index (χ3n) is 7.24. The molecular weight excluding hydrogens is 524 g/mol. The van der Waals surface area contributed by atoms with E-state index in [2.05, 4.69) is 25.7 Å². The summed E-state index contributed by atoms with van der Waals surface area (Å²) in [6.45, 7) is 10.4. The van der Waals surface area contributed by atoms with Gasteiger partial charge in [0.2, 0.25) is 16.8 Å². The average Bonchev–Trinajstić information content (AvgIpc) is 3.55. The number of amides is 1. The van der Waals surface area contributed by atoms with Crippen molar-refractivity contribution in [3.8, 4) is 11.5 Å². The van der Waals surface area contributed by atoms with E-state index in [4.69, 9.17) is 14.5 Å². The number of benzene rings is 2. The van der Waals surface area contributed by atoms with Crippen LogP contribution in [-0.2, 0) is 10.0 Å². The molecule has 0 saturated carbocycles. The van der Waals surface area contributed by atoms with Crippen LogP contribution in [0.15, 0.2) is 41.3 Å². The second-order valence-corrected chi connectivity index (χ2v) is 12.7. The second kappa shape index (κ2) is 11.2. The summed E-state index contributed by atoms with van der Waals surface area (Å²) in [5.74, 6) is 1.45. The summed E-state index contributed by atoms with van der Waals surface area (Å²) in [6.07, 6.45) is 1.90. The Hall–Kier alpha value is -2.73. The second-order valence-electron chi connectivity index (χ2n) is 9.79. The molecule has 0 radical (unpaired) electrons. The van der Waals surface area contributed by atoms with Gasteiger partial charge in [0.1, 0.15) is 0 Å². The molecule has 9 nitrogen and oxygen atoms in total. The fraction of sp³-hybridized carbons (Fsp3) is 0.481. The predicted octanol–water partition coefficient (Wildman–Crippen LogP) is 4.43. The van der Waals surface area contributed by atoms with E-state index in [-0.39, 0.29) is 17.6 Å². The van der Waals surface area contributed by atoms with Crippen LogP contribution in [0.4, 0.5) is 5.13 Å². The Balaban J connectivity index is 1.42. The van der Waals surface area contributed by atoms with Gasteiger partial charge in [-0.05, 0) is 56.1 Å². The fourth-order valence-electron chi connectivity index (χ4n) is 4.93. The number of ether oxygens (including phenoxy) is 2. The lowest BCUT2D eigenvalue weighted by molar-refractivity contribution is 0.0983. The average molecular weight is 559 g/mol. The van der Waals surface area contributed by atoms with E-state index in [1.165, 1.54) is 11.3 Å². The maximum atomic E-state index is 13.8. The van der Waals surface area contributed by atoms with Crippen LogP contribution in [0.1, 0.15) is 44.0 Å². The monoisotopic (exact) mass is 558 g/mol. The molecule has 3 heterocycles. The maximum absolute atomic E-state index is 13.8. The van der Waals surface area contributed by atoms with Crippen LogP contribution in [-0.4, -0.2) is 74.6 Å². The fourth-order valence-corrected chi connectivity index (χ4v) is 7.52. The summed E-state index contributed by atoms with van der Waals surface area (Å²) in [4.78, 5) is 22.7. The van der Waals surface area contributed by atoms with Crippen molar-refractivity contribution >= 4 is 42.6 Å². The minimum atomic E-state index is -3.59. The van der Waals surface area contributed by atoms with Gasteiger partial charge >= 0.3 is 0 Å². The standard InChI is InChI=1S/C27H34N4O5S2/c1-4-29(5-2)13-14-31(27-28-22-15-23-24(36-18-35-23)16-25(22)37-27)26(32)20-8-10-21(11-9-20)38(33,34)30-12-6-7-19(3)17-30/h8-11,15-16,19H,4-7,12-14,17-18H2,1-3H3. The van der Waals surface area contributed by atoms with Gasteiger partial charge in [-0.25, -0.2) is 13.4 Å². The minimum absolute atomic E-state index is 0.191. The molecule has 5 rings (SSSR count). The molecule has 204 valence electrons. The van der Waals surface area contributed by atoms with Crippen LogP contribution in [0.2, 0.25) is 0 Å². The first-order valence-corrected chi connectivity index (χ1v) is 15.4. The molecule has 1 unspecified atom stereocenters. The first-order chi connectivity index (χ1) is 18.3. The molecule has 1 amide bonds. The number of rotatable bonds is 9. The summed E-state index contributed by atoms with van der Waals surface area (Å²) in [5.41, 5.74) is 1.16. The lowest BCUT2D eigenvalue weighted by Gasteiger charge is -2.30. The molecule has 11 heteroatoms. The third-order valence-corrected chi connectivity index (χ3v) is 10.2. The molecule has 0 N–H and O–H groups in total. The molecule has 3 aromatic rings. The molecule has 1 atom stereocenters. The topological polar surface area (TPSA) is 92.3 Å². The van der Waals surface area contributed by atoms with Crippen molar-refractivity contribution in [2.75, 3.05) is 51.0 Å². The normalized spacial score (nSPS) is 17.8. The van der Waals surface area contributed by atoms with E-state index < -0.39 is 10.0 Å². The predicted molar refractivity (Wildman–Crippen MR) is 149 cm³/mol. The summed E-state index contributed by atoms with van der Waals surface area (Å²) >= 11 is 1.42. The van der Waals surface area contributed by atoms with Crippen LogP contribution >= 0.6 is 11.3 Å². The van der Waals surface area contributed by atoms with Crippen LogP contribution in [0.5, 0.6) is 11.5 Å². The molecule has 0 spiro atoms. The quantitative estimate of drug-likeness (QED) is 0.384. The number of hydrogen-bond donors (Lipinski definition) is 0. The zero-order chi connectivity index (χ0) is 26.9. The summed E-state index contributed by atoms with van der Waals surface area (Å²) in [7, 11) is -3.59. The van der Waals surface area contributed by atoms with Crippen LogP contribution < -0.4 is 14.4 Å². The molecule has 2 aromatic carbocycles. The first kappa shape index (κ1) is 26.9. The lowest BCUT2D eigenvalue weighted by atomic mass is 10.0. The Morgan fingerprint density at radius 2 is 1.82 bits per heavy atom. The molecule has 1 saturated heterocycles. The van der Waals surface area contributed by atoms with E-state index in [1.54, 1.807) is 33.5 Å². The largest absolute Gasteiger partial charge is 0.454 e. The molecule has 0 aliphatic carbocycles. The number of carbonyl (C=O) groups excluding carboxylic acids is 1. The number of aromatic nitrogens is 1. The molecule has 2 aliphatic heterocycles. The van der Waals surface area contributed by atoms with E-state index in [1.807, 2.05) is 12.1 Å². The Morgan fingerprint density at radius 3 is 2.50 bits per heavy atom. The molecule has 2 aliphatic rings. The Morgan fingerprint density at radius 1 is 1.11 bits per heavy atom. The van der Waals surface area contributed by atoms with Crippen molar-refractivity contribution in [3.05, 3.63) is 42.0 Å². The maximum Gasteiger partial charge on any atom is 0.260 e. The van der Waals surface area contributed by atoms with Crippen molar-refractivity contribution in [2.24, 2.45) is 5.92 Å². The number of hydrogen-bond acceptors (Lipinski definition) is 8. The number of thiazole rings is 1. The SMILES string of the molecule is CCN(CC)CCN(C(=O)c1ccc(S(=O)(=O)N2CCCC(C)C2)cc1)c1nc2cc3c(cc2s1)OCO3. The van der Waals surface area contributed by atoms with Crippen LogP contribution in [0.25, 0.3) is 10.2 Å². The molecular formula is C27H34N4O5S2. The number of likely N-dealkylation sites (N-methyl/N-ethyl adjacent to an activating group) is 1. The summed E-state index contributed by atoms with van der Waals surface area (Å²) in [6, 6.07) is 10.0. The highest BCUT2D eigenvalue weighted by molar-refractivity contribution is 7.89. The van der Waals surface area contributed by atoms with E-state index in [0.29, 0.717) is 54.3 Å². The van der Waals surface area contributed by atoms with Gasteiger partial charge in [-0.15, -0.1) is 0 Å². The number of nitrogens with zero attached hydrogens (tertiary/aromatic N) is 4. The van der Waals surface area contributed by atoms with Gasteiger partial charge in [0.15, 0.2) is 16.6 Å². The number of carbonyl (C=O) groups is 1. The molecule has 1 fully saturated rings. The van der Waals surface area contributed by atoms with Crippen molar-refractivity contribution in [1.82, 2.24) is 14.2 Å². The number of sulfonamides is 1. The lowest BCUT2D eigenvalue weighted by Crippen LogP contribution is -2.39. The molecule has 1 aromatic heterocycles. The Bertz CT molecular complexity index is 1360. The van der Waals surface area contributed by atoms with Gasteiger partial charge in [0.05, 0.1) is 15.1 Å². The zero-order valence-electron chi connectivity index (χ0n) is 22.1. The van der Waals surface area contributed by atoms with Crippen molar-refractivity contribution in [3.63, 3.8) is 0 Å². The van der Waals surface area contributed by atoms with Gasteiger partial charge in [-0.3, -0.25) is 9.69 Å². The van der Waals surface area contributed by atoms with Crippen LogP contribution in [0.3, 0.4) is 0 Å². The zero-order valence-corrected chi connectivity index (χ0v) is 23.7. The highest BCUT2D eigenvalue weighted by Crippen LogP contribution is 2.40. The minimum Gasteiger partial charge on any atom is -0.454 e. The van der Waals surface area contributed by atoms with E-state index in [9.17, 15) is 13.2 Å². The Kier molecular flexibility index (Phi) is 7.90. The van der Waals surface area contributed by atoms with Gasteiger partial charge in [-0.1, -0.05) is 32.1 Å². The van der Waals surface area contributed by atoms with Crippen molar-refractivity contribution in [1.29, 1.82) is 0 Å². The van der Waals surface area contributed by atoms with Gasteiger partial charge < -0.3 is 14.4 Å².